The highest BCUT2D eigenvalue weighted by Gasteiger charge is 2.16. The summed E-state index contributed by atoms with van der Waals surface area (Å²) < 4.78 is 1.00. The van der Waals surface area contributed by atoms with Gasteiger partial charge in [0, 0.05) is 16.6 Å². The van der Waals surface area contributed by atoms with Crippen LogP contribution in [0.3, 0.4) is 0 Å². The van der Waals surface area contributed by atoms with Crippen LogP contribution >= 0.6 is 15.9 Å². The van der Waals surface area contributed by atoms with Crippen molar-refractivity contribution >= 4 is 27.9 Å². The summed E-state index contributed by atoms with van der Waals surface area (Å²) in [6, 6.07) is 16.5. The predicted molar refractivity (Wildman–Crippen MR) is 85.2 cm³/mol. The van der Waals surface area contributed by atoms with E-state index in [9.17, 15) is 4.79 Å². The minimum absolute atomic E-state index is 0.0435. The van der Waals surface area contributed by atoms with Crippen LogP contribution in [-0.4, -0.2) is 12.5 Å². The number of benzene rings is 2. The van der Waals surface area contributed by atoms with Crippen LogP contribution in [0, 0.1) is 0 Å². The number of rotatable bonds is 2. The van der Waals surface area contributed by atoms with E-state index in [1.54, 1.807) is 0 Å². The summed E-state index contributed by atoms with van der Waals surface area (Å²) in [5.41, 5.74) is 4.21. The van der Waals surface area contributed by atoms with Crippen molar-refractivity contribution in [1.82, 2.24) is 5.32 Å². The van der Waals surface area contributed by atoms with Crippen molar-refractivity contribution in [2.24, 2.45) is 0 Å². The Labute approximate surface area is 126 Å². The minimum atomic E-state index is 0.0435. The van der Waals surface area contributed by atoms with Gasteiger partial charge in [-0.1, -0.05) is 52.3 Å². The number of carbonyl (C=O) groups is 1. The van der Waals surface area contributed by atoms with Gasteiger partial charge in [-0.05, 0) is 41.3 Å². The largest absolute Gasteiger partial charge is 0.352 e. The summed E-state index contributed by atoms with van der Waals surface area (Å²) in [5.74, 6) is 0.0435. The van der Waals surface area contributed by atoms with Crippen LogP contribution in [0.2, 0.25) is 0 Å². The standard InChI is InChI=1S/C17H14BrNO/c18-16-7-6-13(12-4-2-1-3-5-12)10-15(16)11-14-8-9-19-17(14)20/h1-7,10-11H,8-9H2,(H,19,20)/b14-11+. The topological polar surface area (TPSA) is 29.1 Å². The number of carbonyl (C=O) groups excluding carboxylic acids is 1. The van der Waals surface area contributed by atoms with E-state index in [2.05, 4.69) is 45.5 Å². The third-order valence-electron chi connectivity index (χ3n) is 3.40. The molecule has 1 saturated heterocycles. The molecule has 100 valence electrons. The Kier molecular flexibility index (Phi) is 3.70. The lowest BCUT2D eigenvalue weighted by atomic mass is 10.0. The van der Waals surface area contributed by atoms with Gasteiger partial charge in [-0.3, -0.25) is 4.79 Å². The van der Waals surface area contributed by atoms with Gasteiger partial charge >= 0.3 is 0 Å². The fourth-order valence-corrected chi connectivity index (χ4v) is 2.69. The first-order valence-electron chi connectivity index (χ1n) is 6.58. The average Bonchev–Trinajstić information content (AvgIpc) is 2.88. The van der Waals surface area contributed by atoms with Gasteiger partial charge in [-0.2, -0.15) is 0 Å². The second-order valence-electron chi connectivity index (χ2n) is 4.78. The van der Waals surface area contributed by atoms with Crippen LogP contribution in [0.5, 0.6) is 0 Å². The molecule has 1 N–H and O–H groups in total. The molecule has 0 aromatic heterocycles. The highest BCUT2D eigenvalue weighted by Crippen LogP contribution is 2.28. The van der Waals surface area contributed by atoms with E-state index in [1.807, 2.05) is 30.3 Å². The molecule has 1 aliphatic heterocycles. The van der Waals surface area contributed by atoms with Crippen molar-refractivity contribution in [2.45, 2.75) is 6.42 Å². The molecule has 2 aromatic rings. The number of hydrogen-bond donors (Lipinski definition) is 1. The molecule has 2 aromatic carbocycles. The summed E-state index contributed by atoms with van der Waals surface area (Å²) in [6.45, 7) is 0.737. The van der Waals surface area contributed by atoms with Crippen LogP contribution in [0.15, 0.2) is 58.6 Å². The third kappa shape index (κ3) is 2.68. The highest BCUT2D eigenvalue weighted by molar-refractivity contribution is 9.10. The van der Waals surface area contributed by atoms with E-state index in [1.165, 1.54) is 5.56 Å². The van der Waals surface area contributed by atoms with Gasteiger partial charge < -0.3 is 5.32 Å². The van der Waals surface area contributed by atoms with Crippen molar-refractivity contribution in [2.75, 3.05) is 6.54 Å². The summed E-state index contributed by atoms with van der Waals surface area (Å²) in [4.78, 5) is 11.7. The molecule has 0 unspecified atom stereocenters. The lowest BCUT2D eigenvalue weighted by Crippen LogP contribution is -2.13. The first kappa shape index (κ1) is 13.1. The molecule has 20 heavy (non-hydrogen) atoms. The van der Waals surface area contributed by atoms with E-state index < -0.39 is 0 Å². The summed E-state index contributed by atoms with van der Waals surface area (Å²) in [5, 5.41) is 2.83. The Morgan fingerprint density at radius 3 is 2.55 bits per heavy atom. The molecule has 2 nitrogen and oxygen atoms in total. The smallest absolute Gasteiger partial charge is 0.247 e. The quantitative estimate of drug-likeness (QED) is 0.829. The molecule has 1 fully saturated rings. The van der Waals surface area contributed by atoms with Crippen LogP contribution in [0.4, 0.5) is 0 Å². The van der Waals surface area contributed by atoms with Crippen molar-refractivity contribution in [1.29, 1.82) is 0 Å². The summed E-state index contributed by atoms with van der Waals surface area (Å²) >= 11 is 3.55. The maximum absolute atomic E-state index is 11.7. The van der Waals surface area contributed by atoms with Crippen molar-refractivity contribution in [3.63, 3.8) is 0 Å². The number of amides is 1. The van der Waals surface area contributed by atoms with E-state index in [4.69, 9.17) is 0 Å². The van der Waals surface area contributed by atoms with Crippen molar-refractivity contribution in [3.8, 4) is 11.1 Å². The van der Waals surface area contributed by atoms with Gasteiger partial charge in [0.2, 0.25) is 5.91 Å². The van der Waals surface area contributed by atoms with Gasteiger partial charge in [0.1, 0.15) is 0 Å². The Morgan fingerprint density at radius 1 is 1.05 bits per heavy atom. The van der Waals surface area contributed by atoms with Gasteiger partial charge in [0.25, 0.3) is 0 Å². The fourth-order valence-electron chi connectivity index (χ4n) is 2.33. The average molecular weight is 328 g/mol. The van der Waals surface area contributed by atoms with Gasteiger partial charge in [0.15, 0.2) is 0 Å². The molecular formula is C17H14BrNO. The Hall–Kier alpha value is -1.87. The zero-order chi connectivity index (χ0) is 13.9. The fraction of sp³-hybridized carbons (Fsp3) is 0.118. The van der Waals surface area contributed by atoms with Crippen LogP contribution < -0.4 is 5.32 Å². The molecule has 0 aliphatic carbocycles. The molecule has 0 spiro atoms. The molecular weight excluding hydrogens is 314 g/mol. The summed E-state index contributed by atoms with van der Waals surface area (Å²) in [6.07, 6.45) is 2.76. The SMILES string of the molecule is O=C1NCC/C1=C\c1cc(-c2ccccc2)ccc1Br. The van der Waals surface area contributed by atoms with Gasteiger partial charge in [-0.25, -0.2) is 0 Å². The maximum atomic E-state index is 11.7. The molecule has 1 heterocycles. The van der Waals surface area contributed by atoms with E-state index in [0.717, 1.165) is 34.1 Å². The number of halogens is 1. The number of hydrogen-bond acceptors (Lipinski definition) is 1. The maximum Gasteiger partial charge on any atom is 0.247 e. The van der Waals surface area contributed by atoms with E-state index in [-0.39, 0.29) is 5.91 Å². The van der Waals surface area contributed by atoms with E-state index in [0.29, 0.717) is 0 Å². The van der Waals surface area contributed by atoms with E-state index >= 15 is 0 Å². The molecule has 3 rings (SSSR count). The first-order chi connectivity index (χ1) is 9.74. The molecule has 0 bridgehead atoms. The summed E-state index contributed by atoms with van der Waals surface area (Å²) in [7, 11) is 0. The zero-order valence-corrected chi connectivity index (χ0v) is 12.5. The molecule has 1 amide bonds. The lowest BCUT2D eigenvalue weighted by Gasteiger charge is -2.06. The van der Waals surface area contributed by atoms with Crippen LogP contribution in [0.1, 0.15) is 12.0 Å². The normalized spacial score (nSPS) is 16.4. The zero-order valence-electron chi connectivity index (χ0n) is 10.9. The lowest BCUT2D eigenvalue weighted by molar-refractivity contribution is -0.116. The minimum Gasteiger partial charge on any atom is -0.352 e. The Balaban J connectivity index is 2.01. The van der Waals surface area contributed by atoms with Crippen molar-refractivity contribution in [3.05, 3.63) is 64.1 Å². The Morgan fingerprint density at radius 2 is 1.85 bits per heavy atom. The predicted octanol–water partition coefficient (Wildman–Crippen LogP) is 4.02. The molecule has 0 atom stereocenters. The molecule has 3 heteroatoms. The van der Waals surface area contributed by atoms with Gasteiger partial charge in [0.05, 0.1) is 0 Å². The van der Waals surface area contributed by atoms with Crippen molar-refractivity contribution < 1.29 is 4.79 Å². The Bertz CT molecular complexity index is 677. The molecule has 0 radical (unpaired) electrons. The second-order valence-corrected chi connectivity index (χ2v) is 5.63. The van der Waals surface area contributed by atoms with Crippen LogP contribution in [0.25, 0.3) is 17.2 Å². The van der Waals surface area contributed by atoms with Crippen LogP contribution in [-0.2, 0) is 4.79 Å². The monoisotopic (exact) mass is 327 g/mol. The number of nitrogens with one attached hydrogen (secondary N) is 1. The second kappa shape index (κ2) is 5.63. The first-order valence-corrected chi connectivity index (χ1v) is 7.37. The van der Waals surface area contributed by atoms with Gasteiger partial charge in [-0.15, -0.1) is 0 Å². The third-order valence-corrected chi connectivity index (χ3v) is 4.13. The highest BCUT2D eigenvalue weighted by atomic mass is 79.9. The molecule has 1 aliphatic rings. The molecule has 0 saturated carbocycles.